The van der Waals surface area contributed by atoms with Gasteiger partial charge in [-0.1, -0.05) is 51.8 Å². The largest absolute Gasteiger partial charge is 0.422 e. The number of halogens is 2. The van der Waals surface area contributed by atoms with Gasteiger partial charge < -0.3 is 10.1 Å². The highest BCUT2D eigenvalue weighted by Crippen LogP contribution is 2.23. The number of benzene rings is 3. The standard InChI is InChI=1S/C24H19BrClN3O4/c1-14-5-3-4-6-19(14)24(32)33-21-10-8-17(25)11-16(21)13-27-29-23(31)22(30)28-18-9-7-15(2)20(26)12-18/h3-13H,1-2H3,(H,28,30)(H,29,31)/b27-13-. The van der Waals surface area contributed by atoms with E-state index in [-0.39, 0.29) is 5.75 Å². The van der Waals surface area contributed by atoms with Gasteiger partial charge in [-0.25, -0.2) is 10.2 Å². The lowest BCUT2D eigenvalue weighted by atomic mass is 10.1. The third kappa shape index (κ3) is 6.50. The first-order valence-electron chi connectivity index (χ1n) is 9.72. The fourth-order valence-electron chi connectivity index (χ4n) is 2.74. The minimum atomic E-state index is -0.976. The van der Waals surface area contributed by atoms with Gasteiger partial charge in [0.15, 0.2) is 0 Å². The summed E-state index contributed by atoms with van der Waals surface area (Å²) < 4.78 is 6.23. The van der Waals surface area contributed by atoms with Crippen LogP contribution in [0.5, 0.6) is 5.75 Å². The van der Waals surface area contributed by atoms with Crippen molar-refractivity contribution in [3.05, 3.63) is 92.4 Å². The van der Waals surface area contributed by atoms with Crippen molar-refractivity contribution >= 4 is 57.2 Å². The molecule has 33 heavy (non-hydrogen) atoms. The van der Waals surface area contributed by atoms with Crippen molar-refractivity contribution in [2.45, 2.75) is 13.8 Å². The van der Waals surface area contributed by atoms with E-state index in [9.17, 15) is 14.4 Å². The Hall–Kier alpha value is -3.49. The van der Waals surface area contributed by atoms with E-state index < -0.39 is 17.8 Å². The molecule has 2 amide bonds. The van der Waals surface area contributed by atoms with E-state index in [0.29, 0.717) is 26.3 Å². The molecule has 0 aromatic heterocycles. The maximum absolute atomic E-state index is 12.6. The molecule has 0 aliphatic heterocycles. The van der Waals surface area contributed by atoms with Crippen LogP contribution in [0.2, 0.25) is 5.02 Å². The van der Waals surface area contributed by atoms with Crippen molar-refractivity contribution < 1.29 is 19.1 Å². The highest BCUT2D eigenvalue weighted by atomic mass is 79.9. The highest BCUT2D eigenvalue weighted by molar-refractivity contribution is 9.10. The molecule has 3 rings (SSSR count). The van der Waals surface area contributed by atoms with Crippen LogP contribution in [0.4, 0.5) is 5.69 Å². The molecule has 0 bridgehead atoms. The van der Waals surface area contributed by atoms with Gasteiger partial charge >= 0.3 is 17.8 Å². The first-order chi connectivity index (χ1) is 15.7. The van der Waals surface area contributed by atoms with E-state index in [1.807, 2.05) is 26.0 Å². The molecule has 9 heteroatoms. The van der Waals surface area contributed by atoms with Crippen LogP contribution in [0.25, 0.3) is 0 Å². The zero-order valence-electron chi connectivity index (χ0n) is 17.7. The van der Waals surface area contributed by atoms with Crippen molar-refractivity contribution in [2.24, 2.45) is 5.10 Å². The summed E-state index contributed by atoms with van der Waals surface area (Å²) >= 11 is 9.37. The Bertz CT molecular complexity index is 1260. The van der Waals surface area contributed by atoms with Crippen LogP contribution in [0.15, 0.2) is 70.2 Å². The van der Waals surface area contributed by atoms with Crippen molar-refractivity contribution in [1.82, 2.24) is 5.43 Å². The lowest BCUT2D eigenvalue weighted by Gasteiger charge is -2.09. The summed E-state index contributed by atoms with van der Waals surface area (Å²) in [5, 5.41) is 6.72. The van der Waals surface area contributed by atoms with Crippen molar-refractivity contribution in [2.75, 3.05) is 5.32 Å². The van der Waals surface area contributed by atoms with Gasteiger partial charge in [-0.15, -0.1) is 0 Å². The maximum atomic E-state index is 12.6. The van der Waals surface area contributed by atoms with Gasteiger partial charge in [0.05, 0.1) is 11.8 Å². The van der Waals surface area contributed by atoms with Crippen LogP contribution in [0.1, 0.15) is 27.0 Å². The van der Waals surface area contributed by atoms with E-state index in [1.165, 1.54) is 6.21 Å². The maximum Gasteiger partial charge on any atom is 0.343 e. The molecule has 0 spiro atoms. The van der Waals surface area contributed by atoms with Gasteiger partial charge in [0.25, 0.3) is 0 Å². The molecule has 3 aromatic rings. The van der Waals surface area contributed by atoms with E-state index in [0.717, 1.165) is 11.1 Å². The van der Waals surface area contributed by atoms with Gasteiger partial charge in [-0.3, -0.25) is 9.59 Å². The number of ether oxygens (including phenoxy) is 1. The normalized spacial score (nSPS) is 10.7. The first-order valence-corrected chi connectivity index (χ1v) is 10.9. The molecule has 168 valence electrons. The SMILES string of the molecule is Cc1ccc(NC(=O)C(=O)N/N=C\c2cc(Br)ccc2OC(=O)c2ccccc2C)cc1Cl. The monoisotopic (exact) mass is 527 g/mol. The van der Waals surface area contributed by atoms with E-state index in [2.05, 4.69) is 31.8 Å². The van der Waals surface area contributed by atoms with Crippen LogP contribution in [0, 0.1) is 13.8 Å². The number of rotatable bonds is 5. The summed E-state index contributed by atoms with van der Waals surface area (Å²) in [6.07, 6.45) is 1.28. The number of nitrogens with one attached hydrogen (secondary N) is 2. The quantitative estimate of drug-likeness (QED) is 0.160. The zero-order chi connectivity index (χ0) is 24.0. The zero-order valence-corrected chi connectivity index (χ0v) is 20.0. The fraction of sp³-hybridized carbons (Fsp3) is 0.0833. The average molecular weight is 529 g/mol. The molecule has 0 saturated carbocycles. The van der Waals surface area contributed by atoms with Gasteiger partial charge in [0.2, 0.25) is 0 Å². The molecule has 0 aliphatic rings. The summed E-state index contributed by atoms with van der Waals surface area (Å²) in [5.41, 5.74) is 5.00. The first kappa shape index (κ1) is 24.2. The number of hydrogen-bond donors (Lipinski definition) is 2. The average Bonchev–Trinajstić information content (AvgIpc) is 2.78. The number of hydrazone groups is 1. The molecule has 0 aliphatic carbocycles. The summed E-state index contributed by atoms with van der Waals surface area (Å²) in [4.78, 5) is 36.7. The van der Waals surface area contributed by atoms with E-state index >= 15 is 0 Å². The molecular weight excluding hydrogens is 510 g/mol. The van der Waals surface area contributed by atoms with Gasteiger partial charge in [-0.2, -0.15) is 5.10 Å². The van der Waals surface area contributed by atoms with Crippen LogP contribution in [0.3, 0.4) is 0 Å². The van der Waals surface area contributed by atoms with Crippen LogP contribution in [-0.2, 0) is 9.59 Å². The van der Waals surface area contributed by atoms with Crippen LogP contribution in [-0.4, -0.2) is 24.0 Å². The number of amides is 2. The molecule has 0 fully saturated rings. The van der Waals surface area contributed by atoms with Gasteiger partial charge in [0.1, 0.15) is 5.75 Å². The molecular formula is C24H19BrClN3O4. The Labute approximate surface area is 203 Å². The summed E-state index contributed by atoms with van der Waals surface area (Å²) in [6.45, 7) is 3.63. The lowest BCUT2D eigenvalue weighted by molar-refractivity contribution is -0.136. The summed E-state index contributed by atoms with van der Waals surface area (Å²) in [6, 6.07) is 16.9. The van der Waals surface area contributed by atoms with Crippen molar-refractivity contribution in [3.8, 4) is 5.75 Å². The third-order valence-electron chi connectivity index (χ3n) is 4.55. The smallest absolute Gasteiger partial charge is 0.343 e. The highest BCUT2D eigenvalue weighted by Gasteiger charge is 2.15. The summed E-state index contributed by atoms with van der Waals surface area (Å²) in [5.74, 6) is -2.17. The molecule has 0 saturated heterocycles. The minimum Gasteiger partial charge on any atom is -0.422 e. The second kappa shape index (κ2) is 10.9. The number of carbonyl (C=O) groups is 3. The third-order valence-corrected chi connectivity index (χ3v) is 5.45. The van der Waals surface area contributed by atoms with E-state index in [1.54, 1.807) is 48.5 Å². The number of aryl methyl sites for hydroxylation is 2. The van der Waals surface area contributed by atoms with Crippen molar-refractivity contribution in [3.63, 3.8) is 0 Å². The molecule has 2 N–H and O–H groups in total. The van der Waals surface area contributed by atoms with Crippen LogP contribution < -0.4 is 15.5 Å². The lowest BCUT2D eigenvalue weighted by Crippen LogP contribution is -2.32. The predicted molar refractivity (Wildman–Crippen MR) is 131 cm³/mol. The Morgan fingerprint density at radius 2 is 1.73 bits per heavy atom. The Balaban J connectivity index is 1.67. The number of carbonyl (C=O) groups excluding carboxylic acids is 3. The second-order valence-corrected chi connectivity index (χ2v) is 8.33. The van der Waals surface area contributed by atoms with Gasteiger partial charge in [-0.05, 0) is 61.4 Å². The van der Waals surface area contributed by atoms with Crippen LogP contribution >= 0.6 is 27.5 Å². The number of nitrogens with zero attached hydrogens (tertiary/aromatic N) is 1. The minimum absolute atomic E-state index is 0.239. The molecule has 0 heterocycles. The Morgan fingerprint density at radius 1 is 0.970 bits per heavy atom. The summed E-state index contributed by atoms with van der Waals surface area (Å²) in [7, 11) is 0. The Kier molecular flexibility index (Phi) is 7.97. The van der Waals surface area contributed by atoms with Crippen molar-refractivity contribution in [1.29, 1.82) is 0 Å². The molecule has 0 atom stereocenters. The second-order valence-electron chi connectivity index (χ2n) is 7.00. The predicted octanol–water partition coefficient (Wildman–Crippen LogP) is 5.03. The number of esters is 1. The fourth-order valence-corrected chi connectivity index (χ4v) is 3.30. The Morgan fingerprint density at radius 3 is 2.45 bits per heavy atom. The topological polar surface area (TPSA) is 96.9 Å². The van der Waals surface area contributed by atoms with Gasteiger partial charge in [0, 0.05) is 20.7 Å². The molecule has 7 nitrogen and oxygen atoms in total. The molecule has 0 radical (unpaired) electrons. The number of anilines is 1. The molecule has 0 unspecified atom stereocenters. The van der Waals surface area contributed by atoms with E-state index in [4.69, 9.17) is 16.3 Å². The number of hydrogen-bond acceptors (Lipinski definition) is 5. The molecule has 3 aromatic carbocycles.